The van der Waals surface area contributed by atoms with Crippen LogP contribution in [0.2, 0.25) is 0 Å². The van der Waals surface area contributed by atoms with Crippen LogP contribution >= 0.6 is 0 Å². The Kier molecular flexibility index (Phi) is 7.70. The van der Waals surface area contributed by atoms with Crippen molar-refractivity contribution in [1.29, 1.82) is 0 Å². The van der Waals surface area contributed by atoms with Gasteiger partial charge in [0.1, 0.15) is 17.4 Å². The number of carbonyl (C=O) groups is 1. The molecule has 0 saturated heterocycles. The Labute approximate surface area is 174 Å². The van der Waals surface area contributed by atoms with Crippen molar-refractivity contribution in [2.45, 2.75) is 19.6 Å². The number of nitrogens with zero attached hydrogens (tertiary/aromatic N) is 1. The predicted molar refractivity (Wildman–Crippen MR) is 109 cm³/mol. The number of rotatable bonds is 10. The molecule has 3 aromatic rings. The van der Waals surface area contributed by atoms with Crippen LogP contribution in [0.5, 0.6) is 0 Å². The summed E-state index contributed by atoms with van der Waals surface area (Å²) in [5, 5.41) is 2.71. The summed E-state index contributed by atoms with van der Waals surface area (Å²) >= 11 is 0. The maximum Gasteiger partial charge on any atom is 0.287 e. The van der Waals surface area contributed by atoms with Gasteiger partial charge in [0.25, 0.3) is 5.91 Å². The molecule has 30 heavy (non-hydrogen) atoms. The second-order valence-electron chi connectivity index (χ2n) is 6.92. The number of hydrogen-bond donors (Lipinski definition) is 1. The Morgan fingerprint density at radius 2 is 1.73 bits per heavy atom. The summed E-state index contributed by atoms with van der Waals surface area (Å²) in [7, 11) is 1.56. The molecule has 1 N–H and O–H groups in total. The molecule has 1 heterocycles. The van der Waals surface area contributed by atoms with Crippen LogP contribution in [-0.4, -0.2) is 31.1 Å². The van der Waals surface area contributed by atoms with Crippen LogP contribution in [0.3, 0.4) is 0 Å². The van der Waals surface area contributed by atoms with Crippen molar-refractivity contribution in [2.75, 3.05) is 20.3 Å². The fraction of sp³-hybridized carbons (Fsp3) is 0.261. The molecule has 3 rings (SSSR count). The van der Waals surface area contributed by atoms with E-state index in [4.69, 9.17) is 9.15 Å². The Morgan fingerprint density at radius 3 is 2.47 bits per heavy atom. The molecule has 0 aliphatic carbocycles. The molecule has 1 amide bonds. The molecule has 0 aliphatic rings. The predicted octanol–water partition coefficient (Wildman–Crippen LogP) is 4.14. The van der Waals surface area contributed by atoms with Crippen molar-refractivity contribution >= 4 is 5.91 Å². The van der Waals surface area contributed by atoms with Crippen LogP contribution in [0, 0.1) is 11.6 Å². The van der Waals surface area contributed by atoms with Crippen molar-refractivity contribution < 1.29 is 22.7 Å². The zero-order valence-corrected chi connectivity index (χ0v) is 16.7. The van der Waals surface area contributed by atoms with Crippen LogP contribution in [0.15, 0.2) is 65.1 Å². The maximum absolute atomic E-state index is 13.6. The molecule has 1 aromatic heterocycles. The number of methoxy groups -OCH3 is 1. The molecule has 2 aromatic carbocycles. The largest absolute Gasteiger partial charge is 0.455 e. The third-order valence-corrected chi connectivity index (χ3v) is 4.47. The maximum atomic E-state index is 13.6. The molecule has 0 atom stereocenters. The highest BCUT2D eigenvalue weighted by Gasteiger charge is 2.15. The van der Waals surface area contributed by atoms with Gasteiger partial charge in [0, 0.05) is 26.7 Å². The topological polar surface area (TPSA) is 54.7 Å². The van der Waals surface area contributed by atoms with E-state index in [1.165, 1.54) is 24.3 Å². The minimum atomic E-state index is -0.312. The lowest BCUT2D eigenvalue weighted by Gasteiger charge is -2.21. The average Bonchev–Trinajstić information content (AvgIpc) is 3.18. The summed E-state index contributed by atoms with van der Waals surface area (Å²) in [5.74, 6) is -0.0969. The third kappa shape index (κ3) is 6.50. The Balaban J connectivity index is 1.71. The van der Waals surface area contributed by atoms with Crippen LogP contribution in [0.4, 0.5) is 8.78 Å². The summed E-state index contributed by atoms with van der Waals surface area (Å²) in [4.78, 5) is 14.2. The number of ether oxygens (including phenoxy) is 1. The minimum absolute atomic E-state index is 0.216. The number of carbonyl (C=O) groups excluding carboxylic acids is 1. The first-order valence-electron chi connectivity index (χ1n) is 9.60. The number of benzene rings is 2. The fourth-order valence-electron chi connectivity index (χ4n) is 3.07. The van der Waals surface area contributed by atoms with Crippen LogP contribution in [0.1, 0.15) is 27.4 Å². The molecule has 0 spiro atoms. The Bertz CT molecular complexity index is 957. The Morgan fingerprint density at radius 1 is 0.967 bits per heavy atom. The number of nitrogens with one attached hydrogen (secondary N) is 1. The van der Waals surface area contributed by atoms with Gasteiger partial charge in [0.05, 0.1) is 13.2 Å². The van der Waals surface area contributed by atoms with E-state index in [1.54, 1.807) is 37.4 Å². The van der Waals surface area contributed by atoms with E-state index < -0.39 is 0 Å². The van der Waals surface area contributed by atoms with Crippen LogP contribution in [0.25, 0.3) is 0 Å². The third-order valence-electron chi connectivity index (χ3n) is 4.47. The number of hydrogen-bond acceptors (Lipinski definition) is 4. The van der Waals surface area contributed by atoms with Crippen molar-refractivity contribution in [3.05, 3.63) is 94.9 Å². The highest BCUT2D eigenvalue weighted by Crippen LogP contribution is 2.17. The van der Waals surface area contributed by atoms with E-state index in [2.05, 4.69) is 5.32 Å². The van der Waals surface area contributed by atoms with Gasteiger partial charge in [-0.2, -0.15) is 0 Å². The van der Waals surface area contributed by atoms with Gasteiger partial charge >= 0.3 is 0 Å². The van der Waals surface area contributed by atoms with Gasteiger partial charge in [0.2, 0.25) is 0 Å². The highest BCUT2D eigenvalue weighted by molar-refractivity contribution is 5.91. The van der Waals surface area contributed by atoms with E-state index in [-0.39, 0.29) is 23.3 Å². The van der Waals surface area contributed by atoms with E-state index in [1.807, 2.05) is 11.0 Å². The van der Waals surface area contributed by atoms with Gasteiger partial charge in [0.15, 0.2) is 5.76 Å². The van der Waals surface area contributed by atoms with Crippen LogP contribution < -0.4 is 5.32 Å². The van der Waals surface area contributed by atoms with E-state index >= 15 is 0 Å². The molecule has 0 aliphatic heterocycles. The number of amides is 1. The smallest absolute Gasteiger partial charge is 0.287 e. The molecular formula is C23H24F2N2O3. The van der Waals surface area contributed by atoms with Gasteiger partial charge in [-0.05, 0) is 47.5 Å². The zero-order valence-electron chi connectivity index (χ0n) is 16.7. The fourth-order valence-corrected chi connectivity index (χ4v) is 3.07. The monoisotopic (exact) mass is 414 g/mol. The highest BCUT2D eigenvalue weighted by atomic mass is 19.1. The first kappa shape index (κ1) is 21.7. The summed E-state index contributed by atoms with van der Waals surface area (Å²) in [5.41, 5.74) is 1.72. The van der Waals surface area contributed by atoms with Gasteiger partial charge in [-0.15, -0.1) is 0 Å². The van der Waals surface area contributed by atoms with E-state index in [0.29, 0.717) is 38.5 Å². The lowest BCUT2D eigenvalue weighted by molar-refractivity contribution is 0.0905. The quantitative estimate of drug-likeness (QED) is 0.507. The lowest BCUT2D eigenvalue weighted by Crippen LogP contribution is -2.26. The first-order chi connectivity index (χ1) is 14.5. The molecule has 158 valence electrons. The van der Waals surface area contributed by atoms with Gasteiger partial charge in [-0.25, -0.2) is 8.78 Å². The summed E-state index contributed by atoms with van der Waals surface area (Å²) in [6.07, 6.45) is 0. The van der Waals surface area contributed by atoms with Crippen molar-refractivity contribution in [2.24, 2.45) is 0 Å². The summed E-state index contributed by atoms with van der Waals surface area (Å²) in [6.45, 7) is 2.18. The minimum Gasteiger partial charge on any atom is -0.455 e. The van der Waals surface area contributed by atoms with E-state index in [0.717, 1.165) is 11.1 Å². The molecule has 0 radical (unpaired) electrons. The zero-order chi connectivity index (χ0) is 21.3. The second-order valence-corrected chi connectivity index (χ2v) is 6.92. The molecule has 5 nitrogen and oxygen atoms in total. The van der Waals surface area contributed by atoms with Gasteiger partial charge in [-0.3, -0.25) is 9.69 Å². The van der Waals surface area contributed by atoms with Gasteiger partial charge < -0.3 is 14.5 Å². The number of furan rings is 1. The van der Waals surface area contributed by atoms with Crippen molar-refractivity contribution in [1.82, 2.24) is 10.2 Å². The van der Waals surface area contributed by atoms with Crippen LogP contribution in [-0.2, 0) is 24.4 Å². The second kappa shape index (κ2) is 10.7. The molecule has 0 bridgehead atoms. The SMILES string of the molecule is COCCNC(=O)c1ccc(CN(Cc2ccc(F)cc2)Cc2cccc(F)c2)o1. The first-order valence-corrected chi connectivity index (χ1v) is 9.60. The molecule has 0 fully saturated rings. The lowest BCUT2D eigenvalue weighted by atomic mass is 10.1. The number of halogens is 2. The van der Waals surface area contributed by atoms with Crippen molar-refractivity contribution in [3.63, 3.8) is 0 Å². The standard InChI is InChI=1S/C23H24F2N2O3/c1-29-12-11-26-23(28)22-10-9-21(30-22)16-27(14-17-5-7-19(24)8-6-17)15-18-3-2-4-20(25)13-18/h2-10,13H,11-12,14-16H2,1H3,(H,26,28). The van der Waals surface area contributed by atoms with Gasteiger partial charge in [-0.1, -0.05) is 24.3 Å². The van der Waals surface area contributed by atoms with Crippen molar-refractivity contribution in [3.8, 4) is 0 Å². The molecule has 0 saturated carbocycles. The molecule has 7 heteroatoms. The summed E-state index contributed by atoms with van der Waals surface area (Å²) in [6, 6.07) is 16.0. The molecular weight excluding hydrogens is 390 g/mol. The Hall–Kier alpha value is -3.03. The summed E-state index contributed by atoms with van der Waals surface area (Å²) < 4.78 is 37.4. The average molecular weight is 414 g/mol. The molecule has 0 unspecified atom stereocenters. The normalized spacial score (nSPS) is 11.1. The van der Waals surface area contributed by atoms with E-state index in [9.17, 15) is 13.6 Å².